The summed E-state index contributed by atoms with van der Waals surface area (Å²) in [5.74, 6) is 0.962. The molecule has 6 rings (SSSR count). The summed E-state index contributed by atoms with van der Waals surface area (Å²) in [5, 5.41) is 10.7. The Morgan fingerprint density at radius 2 is 1.84 bits per heavy atom. The van der Waals surface area contributed by atoms with E-state index in [0.717, 1.165) is 41.7 Å². The Labute approximate surface area is 256 Å². The number of aromatic nitrogens is 1. The van der Waals surface area contributed by atoms with E-state index < -0.39 is 17.8 Å². The van der Waals surface area contributed by atoms with E-state index >= 15 is 0 Å². The van der Waals surface area contributed by atoms with Crippen LogP contribution in [-0.4, -0.2) is 52.5 Å². The molecule has 2 N–H and O–H groups in total. The van der Waals surface area contributed by atoms with Crippen molar-refractivity contribution in [3.05, 3.63) is 108 Å². The number of allylic oxidation sites excluding steroid dienone is 1. The molecular weight excluding hydrogens is 596 g/mol. The van der Waals surface area contributed by atoms with E-state index in [9.17, 15) is 22.7 Å². The Balaban J connectivity index is 0.000000584. The summed E-state index contributed by atoms with van der Waals surface area (Å²) in [6.07, 6.45) is -2.11. The van der Waals surface area contributed by atoms with Gasteiger partial charge in [0.2, 0.25) is 0 Å². The van der Waals surface area contributed by atoms with E-state index in [2.05, 4.69) is 23.0 Å². The van der Waals surface area contributed by atoms with Crippen LogP contribution in [0.5, 0.6) is 17.2 Å². The Hall–Kier alpha value is -4.06. The molecule has 1 unspecified atom stereocenters. The highest BCUT2D eigenvalue weighted by molar-refractivity contribution is 7.97. The van der Waals surface area contributed by atoms with Crippen molar-refractivity contribution in [2.75, 3.05) is 32.9 Å². The average Bonchev–Trinajstić information content (AvgIpc) is 3.00. The zero-order chi connectivity index (χ0) is 31.4. The fourth-order valence-electron chi connectivity index (χ4n) is 5.17. The van der Waals surface area contributed by atoms with Gasteiger partial charge in [0.25, 0.3) is 0 Å². The first-order valence-corrected chi connectivity index (χ1v) is 14.5. The number of pyridine rings is 1. The predicted octanol–water partition coefficient (Wildman–Crippen LogP) is 8.28. The molecule has 3 aromatic carbocycles. The van der Waals surface area contributed by atoms with Crippen molar-refractivity contribution >= 4 is 22.9 Å². The topological polar surface area (TPSA) is 75.0 Å². The Kier molecular flexibility index (Phi) is 9.48. The highest BCUT2D eigenvalue weighted by Crippen LogP contribution is 2.48. The Bertz CT molecular complexity index is 1660. The van der Waals surface area contributed by atoms with E-state index in [1.54, 1.807) is 36.5 Å². The molecule has 6 nitrogen and oxygen atoms in total. The largest absolute Gasteiger partial charge is 0.508 e. The van der Waals surface area contributed by atoms with Gasteiger partial charge in [-0.05, 0) is 48.0 Å². The van der Waals surface area contributed by atoms with Crippen molar-refractivity contribution in [3.8, 4) is 28.4 Å². The van der Waals surface area contributed by atoms with Crippen LogP contribution in [0.25, 0.3) is 22.0 Å². The van der Waals surface area contributed by atoms with Crippen molar-refractivity contribution in [2.24, 2.45) is 5.92 Å². The van der Waals surface area contributed by atoms with Gasteiger partial charge in [0.05, 0.1) is 17.8 Å². The van der Waals surface area contributed by atoms with Crippen LogP contribution in [0.4, 0.5) is 17.6 Å². The minimum Gasteiger partial charge on any atom is -0.508 e. The van der Waals surface area contributed by atoms with E-state index in [1.807, 2.05) is 12.1 Å². The van der Waals surface area contributed by atoms with Gasteiger partial charge in [-0.25, -0.2) is 0 Å². The minimum absolute atomic E-state index is 0.0633. The number of halogens is 4. The molecule has 0 bridgehead atoms. The lowest BCUT2D eigenvalue weighted by molar-refractivity contribution is -0.137. The number of phenols is 1. The van der Waals surface area contributed by atoms with Gasteiger partial charge in [-0.1, -0.05) is 31.4 Å². The average molecular weight is 627 g/mol. The predicted molar refractivity (Wildman–Crippen MR) is 164 cm³/mol. The maximum absolute atomic E-state index is 13.5. The lowest BCUT2D eigenvalue weighted by Crippen LogP contribution is -2.49. The van der Waals surface area contributed by atoms with Gasteiger partial charge in [0, 0.05) is 76.8 Å². The van der Waals surface area contributed by atoms with Crippen LogP contribution in [0.15, 0.2) is 91.0 Å². The minimum atomic E-state index is -4.50. The van der Waals surface area contributed by atoms with Crippen molar-refractivity contribution in [2.45, 2.75) is 12.3 Å². The maximum atomic E-state index is 13.5. The third-order valence-corrected chi connectivity index (χ3v) is 7.86. The first-order chi connectivity index (χ1) is 21.1. The molecule has 0 radical (unpaired) electrons. The van der Waals surface area contributed by atoms with Crippen molar-refractivity contribution < 1.29 is 36.7 Å². The standard InChI is InChI=1S/C29H24F4N2O3.C4H6OS/c30-13-17-15-35(16-17)9-10-37-21-5-1-18(2-6-21)28-27-23-8-4-20(36)12-25(23)34-14-24(27)22-7-3-19(29(31,32)33)11-26(22)38-28;1-3-4(2)6-5/h1-8,11-12,14,17,28,36H,9-10,13,15-16H2;3,5H,1-2H2. The highest BCUT2D eigenvalue weighted by atomic mass is 32.2. The maximum Gasteiger partial charge on any atom is 0.416 e. The molecule has 2 aliphatic rings. The second-order valence-electron chi connectivity index (χ2n) is 10.5. The number of fused-ring (bicyclic) bond motifs is 5. The van der Waals surface area contributed by atoms with Crippen LogP contribution in [-0.2, 0) is 6.18 Å². The molecule has 0 spiro atoms. The summed E-state index contributed by atoms with van der Waals surface area (Å²) in [4.78, 5) is 7.17. The monoisotopic (exact) mass is 626 g/mol. The van der Waals surface area contributed by atoms with Crippen LogP contribution in [0.2, 0.25) is 0 Å². The number of ether oxygens (including phenoxy) is 2. The molecule has 1 aromatic heterocycles. The molecular formula is C33H30F4N2O4S. The molecule has 4 aromatic rings. The summed E-state index contributed by atoms with van der Waals surface area (Å²) in [7, 11) is 0. The highest BCUT2D eigenvalue weighted by Gasteiger charge is 2.35. The SMILES string of the molecule is C=CC(=C)SO.Oc1ccc2c3c(cnc2c1)-c1ccc(C(F)(F)F)cc1OC3c1ccc(OCCN2CC(CF)C2)cc1. The quantitative estimate of drug-likeness (QED) is 0.116. The molecule has 11 heteroatoms. The van der Waals surface area contributed by atoms with Crippen LogP contribution >= 0.6 is 12.0 Å². The molecule has 2 aliphatic heterocycles. The molecule has 0 amide bonds. The number of hydrogen-bond donors (Lipinski definition) is 2. The number of alkyl halides is 4. The van der Waals surface area contributed by atoms with Crippen LogP contribution in [0, 0.1) is 5.92 Å². The number of phenolic OH excluding ortho intramolecular Hbond substituents is 1. The van der Waals surface area contributed by atoms with Crippen molar-refractivity contribution in [1.29, 1.82) is 0 Å². The van der Waals surface area contributed by atoms with Crippen LogP contribution in [0.3, 0.4) is 0 Å². The lowest BCUT2D eigenvalue weighted by atomic mass is 9.87. The summed E-state index contributed by atoms with van der Waals surface area (Å²) in [5.41, 5.74) is 2.44. The molecule has 0 saturated carbocycles. The third kappa shape index (κ3) is 6.85. The molecule has 3 heterocycles. The van der Waals surface area contributed by atoms with Crippen molar-refractivity contribution in [1.82, 2.24) is 9.88 Å². The molecule has 0 aliphatic carbocycles. The molecule has 44 heavy (non-hydrogen) atoms. The van der Waals surface area contributed by atoms with E-state index in [-0.39, 0.29) is 24.1 Å². The lowest BCUT2D eigenvalue weighted by Gasteiger charge is -2.37. The second kappa shape index (κ2) is 13.3. The Morgan fingerprint density at radius 1 is 1.09 bits per heavy atom. The summed E-state index contributed by atoms with van der Waals surface area (Å²) < 4.78 is 73.1. The molecule has 1 fully saturated rings. The van der Waals surface area contributed by atoms with E-state index in [0.29, 0.717) is 52.5 Å². The van der Waals surface area contributed by atoms with E-state index in [1.165, 1.54) is 12.1 Å². The van der Waals surface area contributed by atoms with Gasteiger partial charge < -0.3 is 19.1 Å². The number of rotatable bonds is 8. The Morgan fingerprint density at radius 3 is 2.48 bits per heavy atom. The second-order valence-corrected chi connectivity index (χ2v) is 11.2. The number of likely N-dealkylation sites (tertiary alicyclic amines) is 1. The van der Waals surface area contributed by atoms with Gasteiger partial charge in [0.1, 0.15) is 23.9 Å². The fourth-order valence-corrected chi connectivity index (χ4v) is 5.24. The number of hydrogen-bond acceptors (Lipinski definition) is 7. The summed E-state index contributed by atoms with van der Waals surface area (Å²) in [6.45, 7) is 9.11. The smallest absolute Gasteiger partial charge is 0.416 e. The van der Waals surface area contributed by atoms with Gasteiger partial charge in [0.15, 0.2) is 6.10 Å². The van der Waals surface area contributed by atoms with Gasteiger partial charge >= 0.3 is 6.18 Å². The fraction of sp³-hybridized carbons (Fsp3) is 0.242. The summed E-state index contributed by atoms with van der Waals surface area (Å²) in [6, 6.07) is 15.6. The first-order valence-electron chi connectivity index (χ1n) is 13.7. The zero-order valence-corrected chi connectivity index (χ0v) is 24.4. The zero-order valence-electron chi connectivity index (χ0n) is 23.6. The van der Waals surface area contributed by atoms with Gasteiger partial charge in [-0.15, -0.1) is 0 Å². The normalized spacial score (nSPS) is 16.1. The van der Waals surface area contributed by atoms with E-state index in [4.69, 9.17) is 14.0 Å². The van der Waals surface area contributed by atoms with Crippen LogP contribution in [0.1, 0.15) is 22.8 Å². The van der Waals surface area contributed by atoms with Crippen LogP contribution < -0.4 is 9.47 Å². The van der Waals surface area contributed by atoms with Crippen molar-refractivity contribution in [3.63, 3.8) is 0 Å². The molecule has 1 saturated heterocycles. The number of aromatic hydroxyl groups is 1. The molecule has 1 atom stereocenters. The number of benzene rings is 3. The van der Waals surface area contributed by atoms with Gasteiger partial charge in [-0.3, -0.25) is 14.3 Å². The number of nitrogens with zero attached hydrogens (tertiary/aromatic N) is 2. The first kappa shape index (κ1) is 31.4. The summed E-state index contributed by atoms with van der Waals surface area (Å²) >= 11 is 0.612. The third-order valence-electron chi connectivity index (χ3n) is 7.46. The van der Waals surface area contributed by atoms with Gasteiger partial charge in [-0.2, -0.15) is 13.2 Å². The molecule has 230 valence electrons.